The van der Waals surface area contributed by atoms with Crippen LogP contribution in [0.25, 0.3) is 5.69 Å². The number of thioether (sulfide) groups is 1. The molecular weight excluding hydrogens is 548 g/mol. The molecule has 0 fully saturated rings. The van der Waals surface area contributed by atoms with Crippen LogP contribution >= 0.6 is 23.3 Å². The summed E-state index contributed by atoms with van der Waals surface area (Å²) >= 11 is 2.31. The Labute approximate surface area is 248 Å². The van der Waals surface area contributed by atoms with Gasteiger partial charge in [-0.05, 0) is 37.1 Å². The Kier molecular flexibility index (Phi) is 12.8. The molecule has 0 atom stereocenters. The van der Waals surface area contributed by atoms with Crippen LogP contribution in [-0.4, -0.2) is 56.6 Å². The number of nitrogens with zero attached hydrogens (tertiary/aromatic N) is 6. The standard InChI is InChI=1S/C15H17N7O6S4.2Na/c16-13-12(9-17-22(13)10-3-5-11(6-4-10)32(26,27)28)19-20-14-18-15(21-30-14)29-7-1-2-8-31(23,24)25;;/h3-6,9H,1-2,7-8,16H2,(H,23,24,25)(H,26,27,28);;/q;2*+1/p-2. The summed E-state index contributed by atoms with van der Waals surface area (Å²) in [5.74, 6) is 0.294. The van der Waals surface area contributed by atoms with E-state index < -0.39 is 26.0 Å². The van der Waals surface area contributed by atoms with Crippen molar-refractivity contribution in [2.45, 2.75) is 22.9 Å². The Morgan fingerprint density at radius 2 is 1.74 bits per heavy atom. The molecule has 19 heteroatoms. The van der Waals surface area contributed by atoms with Crippen molar-refractivity contribution in [2.75, 3.05) is 17.2 Å². The Morgan fingerprint density at radius 1 is 1.06 bits per heavy atom. The van der Waals surface area contributed by atoms with Crippen LogP contribution in [0.3, 0.4) is 0 Å². The quantitative estimate of drug-likeness (QED) is 0.0827. The molecular formula is C15H15N7Na2O6S4. The molecule has 3 aromatic rings. The van der Waals surface area contributed by atoms with E-state index in [0.29, 0.717) is 23.0 Å². The molecule has 0 saturated carbocycles. The largest absolute Gasteiger partial charge is 1.00 e. The first-order valence-electron chi connectivity index (χ1n) is 8.74. The molecule has 0 aliphatic rings. The number of nitrogens with two attached hydrogens (primary N) is 1. The fourth-order valence-corrected chi connectivity index (χ4v) is 4.82. The third-order valence-electron chi connectivity index (χ3n) is 3.82. The smallest absolute Gasteiger partial charge is 0.748 e. The van der Waals surface area contributed by atoms with Crippen molar-refractivity contribution in [2.24, 2.45) is 10.2 Å². The van der Waals surface area contributed by atoms with E-state index in [-0.39, 0.29) is 87.1 Å². The predicted octanol–water partition coefficient (Wildman–Crippen LogP) is -3.95. The van der Waals surface area contributed by atoms with Gasteiger partial charge in [-0.25, -0.2) is 21.5 Å². The average molecular weight is 564 g/mol. The molecule has 0 unspecified atom stereocenters. The van der Waals surface area contributed by atoms with Crippen molar-refractivity contribution in [1.82, 2.24) is 19.1 Å². The molecule has 1 aromatic carbocycles. The number of benzene rings is 1. The molecule has 2 N–H and O–H groups in total. The van der Waals surface area contributed by atoms with Crippen LogP contribution in [-0.2, 0) is 20.2 Å². The van der Waals surface area contributed by atoms with Crippen LogP contribution in [0.15, 0.2) is 50.7 Å². The number of hydrogen-bond acceptors (Lipinski definition) is 14. The second kappa shape index (κ2) is 13.8. The van der Waals surface area contributed by atoms with E-state index in [4.69, 9.17) is 5.73 Å². The Bertz CT molecular complexity index is 1330. The summed E-state index contributed by atoms with van der Waals surface area (Å²) in [7, 11) is -8.75. The van der Waals surface area contributed by atoms with E-state index in [1.165, 1.54) is 34.8 Å². The van der Waals surface area contributed by atoms with Crippen molar-refractivity contribution in [1.29, 1.82) is 0 Å². The van der Waals surface area contributed by atoms with E-state index in [9.17, 15) is 25.9 Å². The number of aromatic nitrogens is 4. The monoisotopic (exact) mass is 563 g/mol. The van der Waals surface area contributed by atoms with Gasteiger partial charge in [-0.3, -0.25) is 0 Å². The van der Waals surface area contributed by atoms with Crippen LogP contribution in [0.1, 0.15) is 12.8 Å². The molecule has 0 spiro atoms. The predicted molar refractivity (Wildman–Crippen MR) is 115 cm³/mol. The zero-order valence-electron chi connectivity index (χ0n) is 18.1. The van der Waals surface area contributed by atoms with Gasteiger partial charge in [0.1, 0.15) is 15.8 Å². The summed E-state index contributed by atoms with van der Waals surface area (Å²) in [6, 6.07) is 5.08. The van der Waals surface area contributed by atoms with Crippen molar-refractivity contribution in [3.63, 3.8) is 0 Å². The summed E-state index contributed by atoms with van der Waals surface area (Å²) in [4.78, 5) is 3.81. The number of anilines is 1. The third kappa shape index (κ3) is 9.55. The molecule has 3 rings (SSSR count). The number of rotatable bonds is 10. The summed E-state index contributed by atoms with van der Waals surface area (Å²) in [6.07, 6.45) is 2.16. The maximum atomic E-state index is 11.0. The van der Waals surface area contributed by atoms with Gasteiger partial charge in [-0.2, -0.15) is 14.5 Å². The number of unbranched alkanes of at least 4 members (excludes halogenated alkanes) is 1. The maximum absolute atomic E-state index is 11.0. The SMILES string of the molecule is Nc1c(N=Nc2nc(SCCCCS(=O)(=O)[O-])ns2)cnn1-c1ccc(S(=O)(=O)[O-])cc1.[Na+].[Na+]. The molecule has 0 bridgehead atoms. The van der Waals surface area contributed by atoms with Gasteiger partial charge >= 0.3 is 59.1 Å². The first kappa shape index (κ1) is 31.6. The molecule has 0 radical (unpaired) electrons. The molecule has 13 nitrogen and oxygen atoms in total. The first-order valence-corrected chi connectivity index (χ1v) is 13.5. The van der Waals surface area contributed by atoms with Crippen LogP contribution in [0.4, 0.5) is 16.6 Å². The van der Waals surface area contributed by atoms with E-state index in [2.05, 4.69) is 24.7 Å². The zero-order valence-corrected chi connectivity index (χ0v) is 25.3. The minimum absolute atomic E-state index is 0. The van der Waals surface area contributed by atoms with Crippen molar-refractivity contribution in [3.05, 3.63) is 30.5 Å². The van der Waals surface area contributed by atoms with Crippen LogP contribution in [0.5, 0.6) is 0 Å². The molecule has 0 saturated heterocycles. The third-order valence-corrected chi connectivity index (χ3v) is 7.10. The minimum Gasteiger partial charge on any atom is -0.748 e. The second-order valence-corrected chi connectivity index (χ2v) is 10.8. The fourth-order valence-electron chi connectivity index (χ4n) is 2.33. The maximum Gasteiger partial charge on any atom is 1.00 e. The van der Waals surface area contributed by atoms with Crippen LogP contribution in [0, 0.1) is 0 Å². The Balaban J connectivity index is 0.00000289. The molecule has 0 aliphatic carbocycles. The van der Waals surface area contributed by atoms with Crippen LogP contribution < -0.4 is 64.8 Å². The van der Waals surface area contributed by atoms with E-state index >= 15 is 0 Å². The number of hydrogen-bond donors (Lipinski definition) is 1. The topological polar surface area (TPSA) is 209 Å². The molecule has 34 heavy (non-hydrogen) atoms. The Morgan fingerprint density at radius 3 is 2.35 bits per heavy atom. The van der Waals surface area contributed by atoms with E-state index in [0.717, 1.165) is 23.7 Å². The summed E-state index contributed by atoms with van der Waals surface area (Å²) in [5, 5.41) is 12.8. The second-order valence-electron chi connectivity index (χ2n) is 6.15. The van der Waals surface area contributed by atoms with Gasteiger partial charge in [0, 0.05) is 23.0 Å². The Hall–Kier alpha value is -0.440. The molecule has 0 aliphatic heterocycles. The van der Waals surface area contributed by atoms with Crippen LogP contribution in [0.2, 0.25) is 0 Å². The molecule has 2 heterocycles. The summed E-state index contributed by atoms with van der Waals surface area (Å²) in [5.41, 5.74) is 6.69. The summed E-state index contributed by atoms with van der Waals surface area (Å²) < 4.78 is 70.1. The van der Waals surface area contributed by atoms with E-state index in [1.54, 1.807) is 0 Å². The molecule has 172 valence electrons. The number of azo groups is 1. The summed E-state index contributed by atoms with van der Waals surface area (Å²) in [6.45, 7) is 0. The van der Waals surface area contributed by atoms with E-state index in [1.807, 2.05) is 0 Å². The van der Waals surface area contributed by atoms with Gasteiger partial charge in [-0.1, -0.05) is 11.8 Å². The van der Waals surface area contributed by atoms with Gasteiger partial charge in [0.15, 0.2) is 5.82 Å². The van der Waals surface area contributed by atoms with Crippen molar-refractivity contribution < 1.29 is 85.1 Å². The number of nitrogen functional groups attached to an aromatic ring is 1. The minimum atomic E-state index is -4.55. The van der Waals surface area contributed by atoms with Gasteiger partial charge in [0.25, 0.3) is 0 Å². The van der Waals surface area contributed by atoms with Crippen molar-refractivity contribution in [3.8, 4) is 5.69 Å². The zero-order chi connectivity index (χ0) is 23.4. The first-order chi connectivity index (χ1) is 15.0. The van der Waals surface area contributed by atoms with Gasteiger partial charge in [-0.15, -0.1) is 10.2 Å². The normalized spacial score (nSPS) is 11.8. The average Bonchev–Trinajstić information content (AvgIpc) is 3.31. The van der Waals surface area contributed by atoms with Crippen molar-refractivity contribution >= 4 is 60.2 Å². The fraction of sp³-hybridized carbons (Fsp3) is 0.267. The molecule has 0 amide bonds. The molecule has 2 aromatic heterocycles. The van der Waals surface area contributed by atoms with Gasteiger partial charge in [0.2, 0.25) is 10.3 Å². The van der Waals surface area contributed by atoms with Gasteiger partial charge < -0.3 is 14.8 Å². The van der Waals surface area contributed by atoms with Gasteiger partial charge in [0.05, 0.1) is 26.9 Å².